The Balaban J connectivity index is 1.50. The summed E-state index contributed by atoms with van der Waals surface area (Å²) in [7, 11) is 1.94. The first-order valence-corrected chi connectivity index (χ1v) is 11.9. The summed E-state index contributed by atoms with van der Waals surface area (Å²) in [5.74, 6) is 0.999. The van der Waals surface area contributed by atoms with E-state index in [1.165, 1.54) is 6.33 Å². The Morgan fingerprint density at radius 2 is 1.78 bits per heavy atom. The lowest BCUT2D eigenvalue weighted by Gasteiger charge is -2.18. The largest absolute Gasteiger partial charge is 0.424 e. The summed E-state index contributed by atoms with van der Waals surface area (Å²) < 4.78 is 7.84. The Kier molecular flexibility index (Phi) is 5.30. The number of ether oxygens (including phenoxy) is 1. The fourth-order valence-corrected chi connectivity index (χ4v) is 4.91. The Hall–Kier alpha value is -4.85. The van der Waals surface area contributed by atoms with E-state index in [4.69, 9.17) is 10.5 Å². The number of aromatic nitrogens is 5. The summed E-state index contributed by atoms with van der Waals surface area (Å²) in [5, 5.41) is 0.754. The maximum atomic E-state index is 12.9. The molecule has 3 aromatic heterocycles. The van der Waals surface area contributed by atoms with Crippen molar-refractivity contribution in [3.05, 3.63) is 90.0 Å². The summed E-state index contributed by atoms with van der Waals surface area (Å²) >= 11 is 0. The number of carbonyl (C=O) groups is 1. The number of rotatable bonds is 4. The average molecular weight is 489 g/mol. The van der Waals surface area contributed by atoms with Crippen LogP contribution in [0.1, 0.15) is 28.0 Å². The first-order chi connectivity index (χ1) is 17.9. The molecule has 0 bridgehead atoms. The van der Waals surface area contributed by atoms with E-state index in [0.29, 0.717) is 34.8 Å². The van der Waals surface area contributed by atoms with Crippen molar-refractivity contribution in [2.75, 3.05) is 5.73 Å². The number of fused-ring (bicyclic) bond motifs is 2. The van der Waals surface area contributed by atoms with Crippen molar-refractivity contribution in [3.63, 3.8) is 0 Å². The number of hydrogen-bond donors (Lipinski definition) is 1. The third-order valence-electron chi connectivity index (χ3n) is 6.77. The van der Waals surface area contributed by atoms with E-state index in [1.54, 1.807) is 6.20 Å². The molecule has 0 spiro atoms. The summed E-state index contributed by atoms with van der Waals surface area (Å²) in [6.45, 7) is 5.84. The molecule has 0 saturated heterocycles. The van der Waals surface area contributed by atoms with Crippen LogP contribution < -0.4 is 10.5 Å². The van der Waals surface area contributed by atoms with Crippen molar-refractivity contribution < 1.29 is 9.53 Å². The molecule has 1 aliphatic carbocycles. The number of nitrogens with zero attached hydrogens (tertiary/aromatic N) is 5. The summed E-state index contributed by atoms with van der Waals surface area (Å²) in [6, 6.07) is 15.8. The van der Waals surface area contributed by atoms with Crippen LogP contribution >= 0.6 is 0 Å². The molecule has 6 rings (SSSR count). The number of hydrogen-bond acceptors (Lipinski definition) is 7. The SMILES string of the molecule is C=C1CCc2ccc(-c3c(-c4ccc(Oc5nccc(C)n5)cc4)c4c(N)ncnc4n3C)cc2C1=O. The minimum atomic E-state index is 0.00240. The molecular formula is C29H24N6O2. The molecule has 1 aliphatic rings. The van der Waals surface area contributed by atoms with Crippen molar-refractivity contribution in [1.82, 2.24) is 24.5 Å². The van der Waals surface area contributed by atoms with Crippen LogP contribution in [0, 0.1) is 6.92 Å². The zero-order valence-electron chi connectivity index (χ0n) is 20.5. The minimum absolute atomic E-state index is 0.00240. The highest BCUT2D eigenvalue weighted by Crippen LogP contribution is 2.43. The van der Waals surface area contributed by atoms with E-state index < -0.39 is 0 Å². The molecule has 0 radical (unpaired) electrons. The fourth-order valence-electron chi connectivity index (χ4n) is 4.91. The van der Waals surface area contributed by atoms with Gasteiger partial charge >= 0.3 is 6.01 Å². The number of anilines is 1. The van der Waals surface area contributed by atoms with Crippen molar-refractivity contribution >= 4 is 22.6 Å². The maximum absolute atomic E-state index is 12.9. The van der Waals surface area contributed by atoms with Crippen molar-refractivity contribution in [3.8, 4) is 34.1 Å². The van der Waals surface area contributed by atoms with E-state index >= 15 is 0 Å². The normalized spacial score (nSPS) is 13.1. The van der Waals surface area contributed by atoms with Gasteiger partial charge in [-0.3, -0.25) is 4.79 Å². The predicted octanol–water partition coefficient (Wildman–Crippen LogP) is 5.46. The van der Waals surface area contributed by atoms with Crippen LogP contribution in [0.3, 0.4) is 0 Å². The Labute approximate surface area is 213 Å². The molecule has 0 fully saturated rings. The fraction of sp³-hybridized carbons (Fsp3) is 0.138. The zero-order valence-corrected chi connectivity index (χ0v) is 20.5. The lowest BCUT2D eigenvalue weighted by molar-refractivity contribution is 0.102. The number of ketones is 1. The van der Waals surface area contributed by atoms with E-state index in [2.05, 4.69) is 26.5 Å². The number of carbonyl (C=O) groups excluding carboxylic acids is 1. The molecule has 8 nitrogen and oxygen atoms in total. The molecule has 2 aromatic carbocycles. The van der Waals surface area contributed by atoms with Gasteiger partial charge in [-0.2, -0.15) is 0 Å². The molecule has 0 amide bonds. The Bertz CT molecular complexity index is 1720. The van der Waals surface area contributed by atoms with Gasteiger partial charge in [-0.25, -0.2) is 19.9 Å². The standard InChI is InChI=1S/C29H24N6O2/c1-16-4-5-18-6-7-20(14-22(18)26(16)36)25-23(24-27(30)32-15-33-28(24)35(25)3)19-8-10-21(11-9-19)37-29-31-13-12-17(2)34-29/h6-15H,1,4-5H2,2-3H3,(H2,30,32,33). The highest BCUT2D eigenvalue weighted by molar-refractivity contribution is 6.12. The van der Waals surface area contributed by atoms with Crippen LogP contribution in [0.15, 0.2) is 73.2 Å². The van der Waals surface area contributed by atoms with Crippen LogP contribution in [0.2, 0.25) is 0 Å². The molecule has 5 aromatic rings. The summed E-state index contributed by atoms with van der Waals surface area (Å²) in [4.78, 5) is 30.2. The third kappa shape index (κ3) is 3.83. The number of nitrogen functional groups attached to an aromatic ring is 1. The number of Topliss-reactive ketones (excluding diaryl/α,β-unsaturated/α-hetero) is 1. The third-order valence-corrected chi connectivity index (χ3v) is 6.77. The molecule has 37 heavy (non-hydrogen) atoms. The number of aryl methyl sites for hydroxylation is 3. The van der Waals surface area contributed by atoms with E-state index in [1.807, 2.05) is 67.1 Å². The second-order valence-corrected chi connectivity index (χ2v) is 9.15. The predicted molar refractivity (Wildman–Crippen MR) is 142 cm³/mol. The van der Waals surface area contributed by atoms with Crippen LogP contribution in [0.25, 0.3) is 33.4 Å². The minimum Gasteiger partial charge on any atom is -0.424 e. The van der Waals surface area contributed by atoms with Gasteiger partial charge in [0.25, 0.3) is 0 Å². The van der Waals surface area contributed by atoms with Gasteiger partial charge in [-0.1, -0.05) is 30.8 Å². The van der Waals surface area contributed by atoms with Gasteiger partial charge in [0.1, 0.15) is 23.5 Å². The van der Waals surface area contributed by atoms with Crippen LogP contribution in [0.5, 0.6) is 11.8 Å². The summed E-state index contributed by atoms with van der Waals surface area (Å²) in [6.07, 6.45) is 4.63. The van der Waals surface area contributed by atoms with Gasteiger partial charge in [-0.15, -0.1) is 0 Å². The summed E-state index contributed by atoms with van der Waals surface area (Å²) in [5.41, 5.74) is 13.9. The highest BCUT2D eigenvalue weighted by Gasteiger charge is 2.25. The topological polar surface area (TPSA) is 109 Å². The van der Waals surface area contributed by atoms with E-state index in [0.717, 1.165) is 45.4 Å². The van der Waals surface area contributed by atoms with Crippen LogP contribution in [0.4, 0.5) is 5.82 Å². The molecule has 2 N–H and O–H groups in total. The van der Waals surface area contributed by atoms with E-state index in [9.17, 15) is 4.79 Å². The average Bonchev–Trinajstić information content (AvgIpc) is 3.20. The molecule has 0 aliphatic heterocycles. The molecular weight excluding hydrogens is 464 g/mol. The lowest BCUT2D eigenvalue weighted by Crippen LogP contribution is -2.13. The number of benzene rings is 2. The first kappa shape index (κ1) is 22.6. The van der Waals surface area contributed by atoms with Gasteiger partial charge in [-0.05, 0) is 66.3 Å². The number of nitrogens with two attached hydrogens (primary N) is 1. The van der Waals surface area contributed by atoms with Gasteiger partial charge in [0.05, 0.1) is 11.1 Å². The molecule has 182 valence electrons. The second-order valence-electron chi connectivity index (χ2n) is 9.15. The number of allylic oxidation sites excluding steroid dienone is 1. The van der Waals surface area contributed by atoms with Gasteiger partial charge in [0.2, 0.25) is 0 Å². The molecule has 0 saturated carbocycles. The van der Waals surface area contributed by atoms with Gasteiger partial charge < -0.3 is 15.0 Å². The van der Waals surface area contributed by atoms with E-state index in [-0.39, 0.29) is 11.8 Å². The Morgan fingerprint density at radius 1 is 1.00 bits per heavy atom. The molecule has 0 unspecified atom stereocenters. The zero-order chi connectivity index (χ0) is 25.7. The maximum Gasteiger partial charge on any atom is 0.322 e. The molecule has 3 heterocycles. The van der Waals surface area contributed by atoms with Crippen molar-refractivity contribution in [2.45, 2.75) is 19.8 Å². The van der Waals surface area contributed by atoms with Crippen LogP contribution in [-0.4, -0.2) is 30.3 Å². The monoisotopic (exact) mass is 488 g/mol. The highest BCUT2D eigenvalue weighted by atomic mass is 16.5. The van der Waals surface area contributed by atoms with Gasteiger partial charge in [0, 0.05) is 30.1 Å². The molecule has 8 heteroatoms. The first-order valence-electron chi connectivity index (χ1n) is 11.9. The quantitative estimate of drug-likeness (QED) is 0.335. The van der Waals surface area contributed by atoms with Crippen LogP contribution in [-0.2, 0) is 13.5 Å². The van der Waals surface area contributed by atoms with Crippen molar-refractivity contribution in [2.24, 2.45) is 7.05 Å². The smallest absolute Gasteiger partial charge is 0.322 e. The van der Waals surface area contributed by atoms with Crippen molar-refractivity contribution in [1.29, 1.82) is 0 Å². The van der Waals surface area contributed by atoms with Gasteiger partial charge in [0.15, 0.2) is 5.78 Å². The lowest BCUT2D eigenvalue weighted by atomic mass is 9.85. The second kappa shape index (κ2) is 8.67. The molecule has 0 atom stereocenters. The Morgan fingerprint density at radius 3 is 2.57 bits per heavy atom.